The molecule has 3 heteroatoms. The van der Waals surface area contributed by atoms with Gasteiger partial charge in [0, 0.05) is 19.2 Å². The molecule has 0 aromatic heterocycles. The third-order valence-corrected chi connectivity index (χ3v) is 2.39. The number of hydrogen-bond acceptors (Lipinski definition) is 3. The van der Waals surface area contributed by atoms with E-state index in [1.54, 1.807) is 0 Å². The first-order chi connectivity index (χ1) is 7.16. The van der Waals surface area contributed by atoms with E-state index in [2.05, 4.69) is 38.2 Å². The van der Waals surface area contributed by atoms with E-state index in [1.165, 1.54) is 19.3 Å². The fourth-order valence-corrected chi connectivity index (χ4v) is 1.28. The fourth-order valence-electron chi connectivity index (χ4n) is 1.28. The molecule has 0 radical (unpaired) electrons. The molecule has 0 amide bonds. The van der Waals surface area contributed by atoms with E-state index < -0.39 is 0 Å². The molecule has 0 heterocycles. The second kappa shape index (κ2) is 10.4. The van der Waals surface area contributed by atoms with Gasteiger partial charge in [0.2, 0.25) is 0 Å². The summed E-state index contributed by atoms with van der Waals surface area (Å²) in [5, 5.41) is 3.46. The summed E-state index contributed by atoms with van der Waals surface area (Å²) >= 11 is 0. The smallest absolute Gasteiger partial charge is 0.0590 e. The molecule has 92 valence electrons. The van der Waals surface area contributed by atoms with Crippen LogP contribution in [0, 0.1) is 0 Å². The van der Waals surface area contributed by atoms with Crippen molar-refractivity contribution in [1.29, 1.82) is 0 Å². The largest absolute Gasteiger partial charge is 0.380 e. The maximum Gasteiger partial charge on any atom is 0.0590 e. The van der Waals surface area contributed by atoms with Crippen LogP contribution in [0.25, 0.3) is 0 Å². The molecule has 0 saturated carbocycles. The summed E-state index contributed by atoms with van der Waals surface area (Å²) in [7, 11) is 4.22. The lowest BCUT2D eigenvalue weighted by atomic mass is 10.2. The summed E-state index contributed by atoms with van der Waals surface area (Å²) in [6, 6.07) is 0.585. The maximum absolute atomic E-state index is 5.48. The molecule has 1 atom stereocenters. The van der Waals surface area contributed by atoms with Crippen LogP contribution in [0.5, 0.6) is 0 Å². The summed E-state index contributed by atoms with van der Waals surface area (Å²) in [4.78, 5) is 2.22. The Balaban J connectivity index is 3.13. The van der Waals surface area contributed by atoms with Crippen molar-refractivity contribution in [3.63, 3.8) is 0 Å². The van der Waals surface area contributed by atoms with Gasteiger partial charge in [-0.1, -0.05) is 13.3 Å². The Morgan fingerprint density at radius 1 is 1.27 bits per heavy atom. The molecule has 0 spiro atoms. The summed E-state index contributed by atoms with van der Waals surface area (Å²) in [5.74, 6) is 0. The summed E-state index contributed by atoms with van der Waals surface area (Å²) < 4.78 is 5.48. The highest BCUT2D eigenvalue weighted by molar-refractivity contribution is 4.61. The first-order valence-electron chi connectivity index (χ1n) is 6.12. The van der Waals surface area contributed by atoms with Gasteiger partial charge in [-0.2, -0.15) is 0 Å². The lowest BCUT2D eigenvalue weighted by Gasteiger charge is -2.16. The Kier molecular flexibility index (Phi) is 10.3. The Morgan fingerprint density at radius 2 is 2.00 bits per heavy atom. The molecule has 0 aliphatic carbocycles. The van der Waals surface area contributed by atoms with Crippen LogP contribution < -0.4 is 5.32 Å². The Labute approximate surface area is 95.2 Å². The predicted molar refractivity (Wildman–Crippen MR) is 66.4 cm³/mol. The SMILES string of the molecule is CCCCOCCNC(C)CCN(C)C. The molecule has 0 aromatic rings. The van der Waals surface area contributed by atoms with Crippen molar-refractivity contribution >= 4 is 0 Å². The van der Waals surface area contributed by atoms with Crippen LogP contribution in [-0.4, -0.2) is 51.3 Å². The minimum Gasteiger partial charge on any atom is -0.380 e. The molecule has 3 nitrogen and oxygen atoms in total. The van der Waals surface area contributed by atoms with Gasteiger partial charge in [0.05, 0.1) is 6.61 Å². The number of hydrogen-bond donors (Lipinski definition) is 1. The lowest BCUT2D eigenvalue weighted by Crippen LogP contribution is -2.32. The van der Waals surface area contributed by atoms with Crippen LogP contribution in [0.1, 0.15) is 33.1 Å². The topological polar surface area (TPSA) is 24.5 Å². The van der Waals surface area contributed by atoms with Crippen molar-refractivity contribution in [3.05, 3.63) is 0 Å². The molecule has 1 N–H and O–H groups in total. The summed E-state index contributed by atoms with van der Waals surface area (Å²) in [5.41, 5.74) is 0. The van der Waals surface area contributed by atoms with Crippen molar-refractivity contribution in [3.8, 4) is 0 Å². The third-order valence-electron chi connectivity index (χ3n) is 2.39. The summed E-state index contributed by atoms with van der Waals surface area (Å²) in [6.07, 6.45) is 3.59. The Bertz CT molecular complexity index is 129. The molecule has 0 rings (SSSR count). The van der Waals surface area contributed by atoms with E-state index >= 15 is 0 Å². The first-order valence-corrected chi connectivity index (χ1v) is 6.12. The maximum atomic E-state index is 5.48. The van der Waals surface area contributed by atoms with Gasteiger partial charge in [-0.05, 0) is 40.4 Å². The third kappa shape index (κ3) is 11.8. The minimum absolute atomic E-state index is 0.585. The molecular weight excluding hydrogens is 188 g/mol. The highest BCUT2D eigenvalue weighted by Crippen LogP contribution is 1.92. The minimum atomic E-state index is 0.585. The average molecular weight is 216 g/mol. The summed E-state index contributed by atoms with van der Waals surface area (Å²) in [6.45, 7) is 8.28. The van der Waals surface area contributed by atoms with Crippen molar-refractivity contribution in [2.75, 3.05) is 40.4 Å². The molecule has 0 saturated heterocycles. The van der Waals surface area contributed by atoms with Crippen LogP contribution in [0.15, 0.2) is 0 Å². The van der Waals surface area contributed by atoms with Crippen LogP contribution in [0.2, 0.25) is 0 Å². The van der Waals surface area contributed by atoms with Crippen LogP contribution in [0.3, 0.4) is 0 Å². The fraction of sp³-hybridized carbons (Fsp3) is 1.00. The second-order valence-corrected chi connectivity index (χ2v) is 4.41. The second-order valence-electron chi connectivity index (χ2n) is 4.41. The zero-order valence-electron chi connectivity index (χ0n) is 10.9. The molecule has 0 bridgehead atoms. The van der Waals surface area contributed by atoms with E-state index in [9.17, 15) is 0 Å². The Morgan fingerprint density at radius 3 is 2.60 bits per heavy atom. The number of unbranched alkanes of at least 4 members (excludes halogenated alkanes) is 1. The van der Waals surface area contributed by atoms with Gasteiger partial charge in [0.1, 0.15) is 0 Å². The molecule has 0 aromatic carbocycles. The molecule has 0 fully saturated rings. The first kappa shape index (κ1) is 14.9. The zero-order valence-corrected chi connectivity index (χ0v) is 10.9. The van der Waals surface area contributed by atoms with Crippen molar-refractivity contribution in [2.24, 2.45) is 0 Å². The van der Waals surface area contributed by atoms with E-state index in [1.807, 2.05) is 0 Å². The number of nitrogens with one attached hydrogen (secondary N) is 1. The lowest BCUT2D eigenvalue weighted by molar-refractivity contribution is 0.130. The van der Waals surface area contributed by atoms with Crippen LogP contribution >= 0.6 is 0 Å². The van der Waals surface area contributed by atoms with Crippen molar-refractivity contribution in [2.45, 2.75) is 39.2 Å². The molecule has 0 aliphatic heterocycles. The predicted octanol–water partition coefficient (Wildman–Crippen LogP) is 1.73. The van der Waals surface area contributed by atoms with Gasteiger partial charge in [-0.3, -0.25) is 0 Å². The van der Waals surface area contributed by atoms with Gasteiger partial charge >= 0.3 is 0 Å². The zero-order chi connectivity index (χ0) is 11.5. The molecular formula is C12H28N2O. The quantitative estimate of drug-likeness (QED) is 0.563. The molecule has 15 heavy (non-hydrogen) atoms. The number of ether oxygens (including phenoxy) is 1. The molecule has 1 unspecified atom stereocenters. The number of rotatable bonds is 10. The monoisotopic (exact) mass is 216 g/mol. The standard InChI is InChI=1S/C12H28N2O/c1-5-6-10-15-11-8-13-12(2)7-9-14(3)4/h12-13H,5-11H2,1-4H3. The normalized spacial score (nSPS) is 13.4. The van der Waals surface area contributed by atoms with Gasteiger partial charge < -0.3 is 15.0 Å². The van der Waals surface area contributed by atoms with Crippen LogP contribution in [0.4, 0.5) is 0 Å². The average Bonchev–Trinajstić information content (AvgIpc) is 2.20. The van der Waals surface area contributed by atoms with Gasteiger partial charge in [-0.25, -0.2) is 0 Å². The van der Waals surface area contributed by atoms with E-state index in [-0.39, 0.29) is 0 Å². The van der Waals surface area contributed by atoms with E-state index in [4.69, 9.17) is 4.74 Å². The van der Waals surface area contributed by atoms with Crippen molar-refractivity contribution in [1.82, 2.24) is 10.2 Å². The van der Waals surface area contributed by atoms with Gasteiger partial charge in [0.15, 0.2) is 0 Å². The highest BCUT2D eigenvalue weighted by atomic mass is 16.5. The van der Waals surface area contributed by atoms with E-state index in [0.29, 0.717) is 6.04 Å². The van der Waals surface area contributed by atoms with E-state index in [0.717, 1.165) is 26.3 Å². The highest BCUT2D eigenvalue weighted by Gasteiger charge is 2.00. The Hall–Kier alpha value is -0.120. The van der Waals surface area contributed by atoms with Gasteiger partial charge in [0.25, 0.3) is 0 Å². The van der Waals surface area contributed by atoms with Crippen LogP contribution in [-0.2, 0) is 4.74 Å². The molecule has 0 aliphatic rings. The van der Waals surface area contributed by atoms with Crippen molar-refractivity contribution < 1.29 is 4.74 Å². The van der Waals surface area contributed by atoms with Gasteiger partial charge in [-0.15, -0.1) is 0 Å². The number of nitrogens with zero attached hydrogens (tertiary/aromatic N) is 1.